The summed E-state index contributed by atoms with van der Waals surface area (Å²) in [7, 11) is 4.28. The molecular formula is C20H25N7OS. The van der Waals surface area contributed by atoms with Crippen LogP contribution in [0.25, 0.3) is 18.3 Å². The lowest BCUT2D eigenvalue weighted by Gasteiger charge is -2.26. The molecule has 3 aromatic heterocycles. The van der Waals surface area contributed by atoms with Crippen LogP contribution in [0.4, 0.5) is 11.6 Å². The van der Waals surface area contributed by atoms with Gasteiger partial charge in [-0.3, -0.25) is 4.79 Å². The van der Waals surface area contributed by atoms with E-state index < -0.39 is 0 Å². The molecule has 1 saturated carbocycles. The average Bonchev–Trinajstić information content (AvgIpc) is 3.09. The maximum Gasteiger partial charge on any atom is 0.305 e. The molecule has 152 valence electrons. The van der Waals surface area contributed by atoms with E-state index in [2.05, 4.69) is 51.9 Å². The van der Waals surface area contributed by atoms with Crippen molar-refractivity contribution >= 4 is 41.3 Å². The molecule has 0 spiro atoms. The number of rotatable bonds is 5. The molecule has 5 rings (SSSR count). The Kier molecular flexibility index (Phi) is 4.44. The van der Waals surface area contributed by atoms with Crippen molar-refractivity contribution in [1.82, 2.24) is 24.5 Å². The molecule has 1 aliphatic heterocycles. The Bertz CT molecular complexity index is 1220. The van der Waals surface area contributed by atoms with Crippen molar-refractivity contribution in [3.05, 3.63) is 37.4 Å². The Balaban J connectivity index is 1.62. The SMILES string of the molecule is C=c1[nH]c(=O)s/c1=C\c1cnn2c(NC3CC3)cc(N(C)C3CCN(C)C3)nc12. The quantitative estimate of drug-likeness (QED) is 0.634. The van der Waals surface area contributed by atoms with Crippen molar-refractivity contribution < 1.29 is 0 Å². The number of hydrogen-bond donors (Lipinski definition) is 2. The van der Waals surface area contributed by atoms with Gasteiger partial charge in [0.05, 0.1) is 16.1 Å². The second-order valence-corrected chi connectivity index (χ2v) is 9.09. The first-order valence-electron chi connectivity index (χ1n) is 9.94. The van der Waals surface area contributed by atoms with Crippen LogP contribution in [-0.4, -0.2) is 63.8 Å². The van der Waals surface area contributed by atoms with E-state index in [4.69, 9.17) is 4.98 Å². The Hall–Kier alpha value is -2.65. The molecule has 3 aromatic rings. The van der Waals surface area contributed by atoms with Gasteiger partial charge in [-0.2, -0.15) is 9.61 Å². The molecule has 29 heavy (non-hydrogen) atoms. The van der Waals surface area contributed by atoms with Crippen LogP contribution in [0.2, 0.25) is 0 Å². The van der Waals surface area contributed by atoms with Crippen molar-refractivity contribution in [2.24, 2.45) is 0 Å². The molecule has 0 aromatic carbocycles. The number of nitrogens with one attached hydrogen (secondary N) is 2. The number of thiazole rings is 1. The third kappa shape index (κ3) is 3.56. The van der Waals surface area contributed by atoms with Crippen molar-refractivity contribution in [3.63, 3.8) is 0 Å². The van der Waals surface area contributed by atoms with Gasteiger partial charge in [-0.25, -0.2) is 4.98 Å². The van der Waals surface area contributed by atoms with Gasteiger partial charge < -0.3 is 20.1 Å². The Morgan fingerprint density at radius 2 is 2.24 bits per heavy atom. The van der Waals surface area contributed by atoms with Crippen LogP contribution < -0.4 is 25.0 Å². The van der Waals surface area contributed by atoms with Gasteiger partial charge in [0.15, 0.2) is 5.65 Å². The average molecular weight is 412 g/mol. The van der Waals surface area contributed by atoms with E-state index in [1.165, 1.54) is 12.8 Å². The Morgan fingerprint density at radius 1 is 1.41 bits per heavy atom. The van der Waals surface area contributed by atoms with Crippen LogP contribution in [0.5, 0.6) is 0 Å². The van der Waals surface area contributed by atoms with Crippen molar-refractivity contribution in [3.8, 4) is 0 Å². The lowest BCUT2D eigenvalue weighted by Crippen LogP contribution is -2.34. The first-order valence-corrected chi connectivity index (χ1v) is 10.8. The van der Waals surface area contributed by atoms with Crippen LogP contribution in [0.3, 0.4) is 0 Å². The maximum absolute atomic E-state index is 11.6. The van der Waals surface area contributed by atoms with E-state index >= 15 is 0 Å². The fourth-order valence-electron chi connectivity index (χ4n) is 3.83. The van der Waals surface area contributed by atoms with E-state index in [0.717, 1.165) is 58.2 Å². The van der Waals surface area contributed by atoms with E-state index in [-0.39, 0.29) is 4.87 Å². The standard InChI is InChI=1S/C20H25N7OS/c1-12-16(29-20(28)22-12)8-13-10-21-27-18(23-14-4-5-14)9-17(24-19(13)27)26(3)15-6-7-25(2)11-15/h8-10,14-15,23H,1,4-7,11H2,2-3H3,(H,22,28)/b16-8-. The highest BCUT2D eigenvalue weighted by Gasteiger charge is 2.27. The van der Waals surface area contributed by atoms with Crippen molar-refractivity contribution in [2.75, 3.05) is 37.4 Å². The highest BCUT2D eigenvalue weighted by atomic mass is 32.1. The zero-order chi connectivity index (χ0) is 20.1. The molecule has 9 heteroatoms. The van der Waals surface area contributed by atoms with Crippen LogP contribution in [0, 0.1) is 0 Å². The van der Waals surface area contributed by atoms with Gasteiger partial charge in [-0.05, 0) is 38.9 Å². The summed E-state index contributed by atoms with van der Waals surface area (Å²) < 4.78 is 2.67. The van der Waals surface area contributed by atoms with Crippen molar-refractivity contribution in [2.45, 2.75) is 31.3 Å². The highest BCUT2D eigenvalue weighted by Crippen LogP contribution is 2.29. The Morgan fingerprint density at radius 3 is 2.90 bits per heavy atom. The van der Waals surface area contributed by atoms with E-state index in [1.807, 2.05) is 10.6 Å². The van der Waals surface area contributed by atoms with E-state index in [0.29, 0.717) is 17.4 Å². The minimum absolute atomic E-state index is 0.104. The van der Waals surface area contributed by atoms with Crippen LogP contribution in [0.1, 0.15) is 24.8 Å². The molecule has 1 atom stereocenters. The number of likely N-dealkylation sites (tertiary alicyclic amines) is 1. The molecule has 1 unspecified atom stereocenters. The molecule has 4 heterocycles. The molecule has 2 N–H and O–H groups in total. The molecule has 0 bridgehead atoms. The summed E-state index contributed by atoms with van der Waals surface area (Å²) in [6.45, 7) is 6.07. The van der Waals surface area contributed by atoms with E-state index in [1.54, 1.807) is 6.20 Å². The predicted molar refractivity (Wildman–Crippen MR) is 117 cm³/mol. The molecule has 2 aliphatic rings. The highest BCUT2D eigenvalue weighted by molar-refractivity contribution is 7.07. The summed E-state index contributed by atoms with van der Waals surface area (Å²) >= 11 is 1.15. The largest absolute Gasteiger partial charge is 0.367 e. The fourth-order valence-corrected chi connectivity index (χ4v) is 4.57. The second-order valence-electron chi connectivity index (χ2n) is 8.07. The minimum atomic E-state index is -0.104. The maximum atomic E-state index is 11.6. The summed E-state index contributed by atoms with van der Waals surface area (Å²) in [4.78, 5) is 23.9. The molecule has 0 amide bonds. The summed E-state index contributed by atoms with van der Waals surface area (Å²) in [5.74, 6) is 1.90. The molecule has 1 aliphatic carbocycles. The van der Waals surface area contributed by atoms with Gasteiger partial charge in [0, 0.05) is 37.3 Å². The van der Waals surface area contributed by atoms with Crippen LogP contribution >= 0.6 is 11.3 Å². The summed E-state index contributed by atoms with van der Waals surface area (Å²) in [6, 6.07) is 3.05. The zero-order valence-electron chi connectivity index (χ0n) is 16.7. The first kappa shape index (κ1) is 18.4. The molecular weight excluding hydrogens is 386 g/mol. The number of anilines is 2. The van der Waals surface area contributed by atoms with Gasteiger partial charge in [-0.1, -0.05) is 17.9 Å². The predicted octanol–water partition coefficient (Wildman–Crippen LogP) is 0.433. The van der Waals surface area contributed by atoms with Gasteiger partial charge in [-0.15, -0.1) is 0 Å². The summed E-state index contributed by atoms with van der Waals surface area (Å²) in [5, 5.41) is 8.78. The molecule has 2 fully saturated rings. The smallest absolute Gasteiger partial charge is 0.305 e. The molecule has 8 nitrogen and oxygen atoms in total. The third-order valence-electron chi connectivity index (χ3n) is 5.73. The van der Waals surface area contributed by atoms with Gasteiger partial charge in [0.25, 0.3) is 0 Å². The molecule has 0 radical (unpaired) electrons. The van der Waals surface area contributed by atoms with Gasteiger partial charge in [0.2, 0.25) is 0 Å². The van der Waals surface area contributed by atoms with Crippen LogP contribution in [-0.2, 0) is 0 Å². The zero-order valence-corrected chi connectivity index (χ0v) is 17.5. The Labute approximate surface area is 172 Å². The molecule has 1 saturated heterocycles. The lowest BCUT2D eigenvalue weighted by atomic mass is 10.2. The number of aromatic nitrogens is 4. The minimum Gasteiger partial charge on any atom is -0.367 e. The third-order valence-corrected chi connectivity index (χ3v) is 6.60. The lowest BCUT2D eigenvalue weighted by molar-refractivity contribution is 0.409. The van der Waals surface area contributed by atoms with Crippen LogP contribution in [0.15, 0.2) is 17.1 Å². The number of nitrogens with zero attached hydrogens (tertiary/aromatic N) is 5. The number of fused-ring (bicyclic) bond motifs is 1. The van der Waals surface area contributed by atoms with E-state index in [9.17, 15) is 4.79 Å². The van der Waals surface area contributed by atoms with Gasteiger partial charge in [0.1, 0.15) is 11.6 Å². The summed E-state index contributed by atoms with van der Waals surface area (Å²) in [5.41, 5.74) is 1.66. The summed E-state index contributed by atoms with van der Waals surface area (Å²) in [6.07, 6.45) is 7.24. The van der Waals surface area contributed by atoms with Crippen molar-refractivity contribution in [1.29, 1.82) is 0 Å². The topological polar surface area (TPSA) is 81.6 Å². The number of H-pyrrole nitrogens is 1. The monoisotopic (exact) mass is 411 g/mol. The number of aromatic amines is 1. The van der Waals surface area contributed by atoms with Gasteiger partial charge >= 0.3 is 4.87 Å². The number of hydrogen-bond acceptors (Lipinski definition) is 7. The fraction of sp³-hybridized carbons (Fsp3) is 0.450. The second kappa shape index (κ2) is 7.00. The normalized spacial score (nSPS) is 20.6. The first-order chi connectivity index (χ1) is 14.0. The number of likely N-dealkylation sites (N-methyl/N-ethyl adjacent to an activating group) is 2.